The van der Waals surface area contributed by atoms with E-state index in [0.29, 0.717) is 11.6 Å². The highest BCUT2D eigenvalue weighted by Crippen LogP contribution is 2.30. The number of carbonyl (C=O) groups is 2. The van der Waals surface area contributed by atoms with Crippen LogP contribution in [0.15, 0.2) is 66.1 Å². The first-order valence-corrected chi connectivity index (χ1v) is 11.3. The van der Waals surface area contributed by atoms with Crippen molar-refractivity contribution in [2.24, 2.45) is 0 Å². The molecule has 7 heteroatoms. The van der Waals surface area contributed by atoms with E-state index in [2.05, 4.69) is 20.4 Å². The van der Waals surface area contributed by atoms with Crippen molar-refractivity contribution in [3.63, 3.8) is 0 Å². The van der Waals surface area contributed by atoms with Gasteiger partial charge in [-0.2, -0.15) is 4.31 Å². The van der Waals surface area contributed by atoms with E-state index in [1.54, 1.807) is 24.3 Å². The van der Waals surface area contributed by atoms with Crippen LogP contribution in [-0.2, 0) is 19.6 Å². The molecule has 0 radical (unpaired) electrons. The molecule has 2 aromatic rings. The van der Waals surface area contributed by atoms with E-state index in [1.807, 2.05) is 19.1 Å². The number of hydrogen-bond acceptors (Lipinski definition) is 4. The molecule has 1 atom stereocenters. The smallest absolute Gasteiger partial charge is 0.252 e. The molecule has 1 aliphatic rings. The molecule has 30 heavy (non-hydrogen) atoms. The summed E-state index contributed by atoms with van der Waals surface area (Å²) >= 11 is 0. The number of aryl methyl sites for hydroxylation is 1. The van der Waals surface area contributed by atoms with Gasteiger partial charge in [0.05, 0.1) is 17.0 Å². The Balaban J connectivity index is 1.94. The van der Waals surface area contributed by atoms with Crippen molar-refractivity contribution in [2.45, 2.75) is 44.0 Å². The first-order chi connectivity index (χ1) is 14.2. The lowest BCUT2D eigenvalue weighted by atomic mass is 10.0. The highest BCUT2D eigenvalue weighted by molar-refractivity contribution is 7.89. The van der Waals surface area contributed by atoms with E-state index in [9.17, 15) is 18.0 Å². The zero-order valence-corrected chi connectivity index (χ0v) is 18.2. The predicted molar refractivity (Wildman–Crippen MR) is 117 cm³/mol. The van der Waals surface area contributed by atoms with Gasteiger partial charge in [-0.25, -0.2) is 13.3 Å². The van der Waals surface area contributed by atoms with Crippen LogP contribution in [-0.4, -0.2) is 37.1 Å². The third-order valence-corrected chi connectivity index (χ3v) is 7.11. The fourth-order valence-electron chi connectivity index (χ4n) is 3.49. The predicted octanol–water partition coefficient (Wildman–Crippen LogP) is 3.63. The molecule has 2 aromatic carbocycles. The van der Waals surface area contributed by atoms with Gasteiger partial charge in [-0.15, -0.1) is 6.58 Å². The average Bonchev–Trinajstić information content (AvgIpc) is 3.00. The van der Waals surface area contributed by atoms with Gasteiger partial charge in [-0.3, -0.25) is 9.59 Å². The van der Waals surface area contributed by atoms with Crippen molar-refractivity contribution in [2.75, 3.05) is 11.4 Å². The molecule has 3 rings (SSSR count). The van der Waals surface area contributed by atoms with E-state index >= 15 is 0 Å². The maximum Gasteiger partial charge on any atom is 0.252 e. The van der Waals surface area contributed by atoms with Gasteiger partial charge in [-0.1, -0.05) is 49.8 Å². The third-order valence-electron chi connectivity index (χ3n) is 5.23. The van der Waals surface area contributed by atoms with E-state index in [4.69, 9.17) is 0 Å². The Labute approximate surface area is 177 Å². The number of carbonyl (C=O) groups excluding carboxylic acids is 2. The summed E-state index contributed by atoms with van der Waals surface area (Å²) in [4.78, 5) is 27.0. The topological polar surface area (TPSA) is 74.8 Å². The number of benzene rings is 2. The lowest BCUT2D eigenvalue weighted by Crippen LogP contribution is -2.45. The minimum Gasteiger partial charge on any atom is -0.274 e. The first kappa shape index (κ1) is 21.9. The summed E-state index contributed by atoms with van der Waals surface area (Å²) < 4.78 is 27.5. The SMILES string of the molecule is C=CCN(C1CC(=O)N(c2ccc(C(C)C)cc2)C1=O)S(=O)(=O)c1ccc(C)cc1. The summed E-state index contributed by atoms with van der Waals surface area (Å²) in [7, 11) is -3.98. The molecule has 6 nitrogen and oxygen atoms in total. The first-order valence-electron chi connectivity index (χ1n) is 9.83. The monoisotopic (exact) mass is 426 g/mol. The number of rotatable bonds is 7. The molecule has 0 bridgehead atoms. The normalized spacial score (nSPS) is 17.2. The van der Waals surface area contributed by atoms with Crippen LogP contribution in [0, 0.1) is 6.92 Å². The zero-order chi connectivity index (χ0) is 22.1. The van der Waals surface area contributed by atoms with Gasteiger partial charge >= 0.3 is 0 Å². The number of sulfonamides is 1. The minimum atomic E-state index is -3.98. The van der Waals surface area contributed by atoms with Crippen molar-refractivity contribution < 1.29 is 18.0 Å². The van der Waals surface area contributed by atoms with Crippen molar-refractivity contribution in [1.29, 1.82) is 0 Å². The van der Waals surface area contributed by atoms with Crippen molar-refractivity contribution in [1.82, 2.24) is 4.31 Å². The zero-order valence-electron chi connectivity index (χ0n) is 17.4. The number of nitrogens with zero attached hydrogens (tertiary/aromatic N) is 2. The van der Waals surface area contributed by atoms with Gasteiger partial charge in [0.2, 0.25) is 15.9 Å². The summed E-state index contributed by atoms with van der Waals surface area (Å²) in [5, 5.41) is 0. The van der Waals surface area contributed by atoms with Crippen LogP contribution >= 0.6 is 0 Å². The number of imide groups is 1. The second-order valence-electron chi connectivity index (χ2n) is 7.71. The second kappa shape index (κ2) is 8.53. The van der Waals surface area contributed by atoms with Gasteiger partial charge in [-0.05, 0) is 42.7 Å². The summed E-state index contributed by atoms with van der Waals surface area (Å²) in [6.45, 7) is 9.53. The standard InChI is InChI=1S/C23H26N2O4S/c1-5-14-24(30(28,29)20-12-6-17(4)7-13-20)21-15-22(26)25(23(21)27)19-10-8-18(9-11-19)16(2)3/h5-13,16,21H,1,14-15H2,2-4H3. The minimum absolute atomic E-state index is 0.0694. The van der Waals surface area contributed by atoms with Crippen molar-refractivity contribution in [3.8, 4) is 0 Å². The number of hydrogen-bond donors (Lipinski definition) is 0. The Morgan fingerprint density at radius 2 is 1.70 bits per heavy atom. The molecule has 0 spiro atoms. The molecule has 1 aliphatic heterocycles. The summed E-state index contributed by atoms with van der Waals surface area (Å²) in [6.07, 6.45) is 1.22. The molecule has 158 valence electrons. The quantitative estimate of drug-likeness (QED) is 0.501. The van der Waals surface area contributed by atoms with Gasteiger partial charge < -0.3 is 0 Å². The Kier molecular flexibility index (Phi) is 6.24. The van der Waals surface area contributed by atoms with Crippen molar-refractivity contribution in [3.05, 3.63) is 72.3 Å². The molecule has 1 saturated heterocycles. The third kappa shape index (κ3) is 4.08. The van der Waals surface area contributed by atoms with Crippen LogP contribution in [0.4, 0.5) is 5.69 Å². The molecule has 1 heterocycles. The van der Waals surface area contributed by atoms with Crippen LogP contribution in [0.2, 0.25) is 0 Å². The van der Waals surface area contributed by atoms with Crippen LogP contribution in [0.25, 0.3) is 0 Å². The van der Waals surface area contributed by atoms with Gasteiger partial charge in [0.15, 0.2) is 0 Å². The molecular formula is C23H26N2O4S. The molecule has 2 amide bonds. The van der Waals surface area contributed by atoms with Crippen LogP contribution in [0.5, 0.6) is 0 Å². The number of amides is 2. The van der Waals surface area contributed by atoms with E-state index < -0.39 is 27.9 Å². The summed E-state index contributed by atoms with van der Waals surface area (Å²) in [5.41, 5.74) is 2.46. The van der Waals surface area contributed by atoms with Gasteiger partial charge in [0.25, 0.3) is 5.91 Å². The lowest BCUT2D eigenvalue weighted by molar-refractivity contribution is -0.122. The molecule has 1 unspecified atom stereocenters. The second-order valence-corrected chi connectivity index (χ2v) is 9.60. The Hall–Kier alpha value is -2.77. The Morgan fingerprint density at radius 1 is 1.10 bits per heavy atom. The maximum absolute atomic E-state index is 13.2. The molecular weight excluding hydrogens is 400 g/mol. The Morgan fingerprint density at radius 3 is 2.23 bits per heavy atom. The lowest BCUT2D eigenvalue weighted by Gasteiger charge is -2.25. The molecule has 0 aromatic heterocycles. The highest BCUT2D eigenvalue weighted by atomic mass is 32.2. The molecule has 0 N–H and O–H groups in total. The van der Waals surface area contributed by atoms with Crippen LogP contribution < -0.4 is 4.90 Å². The van der Waals surface area contributed by atoms with Crippen LogP contribution in [0.1, 0.15) is 37.3 Å². The number of anilines is 1. The highest BCUT2D eigenvalue weighted by Gasteiger charge is 2.46. The van der Waals surface area contributed by atoms with E-state index in [-0.39, 0.29) is 17.9 Å². The summed E-state index contributed by atoms with van der Waals surface area (Å²) in [5.74, 6) is -0.648. The van der Waals surface area contributed by atoms with Gasteiger partial charge in [0, 0.05) is 6.54 Å². The molecule has 0 saturated carbocycles. The Bertz CT molecular complexity index is 1060. The largest absolute Gasteiger partial charge is 0.274 e. The maximum atomic E-state index is 13.2. The van der Waals surface area contributed by atoms with Crippen molar-refractivity contribution >= 4 is 27.5 Å². The molecule has 1 fully saturated rings. The van der Waals surface area contributed by atoms with Crippen LogP contribution in [0.3, 0.4) is 0 Å². The van der Waals surface area contributed by atoms with E-state index in [0.717, 1.165) is 20.3 Å². The van der Waals surface area contributed by atoms with Gasteiger partial charge in [0.1, 0.15) is 6.04 Å². The fourth-order valence-corrected chi connectivity index (χ4v) is 5.04. The van der Waals surface area contributed by atoms with E-state index in [1.165, 1.54) is 18.2 Å². The average molecular weight is 427 g/mol. The summed E-state index contributed by atoms with van der Waals surface area (Å²) in [6, 6.07) is 12.5. The molecule has 0 aliphatic carbocycles. The fraction of sp³-hybridized carbons (Fsp3) is 0.304.